The van der Waals surface area contributed by atoms with E-state index >= 15 is 0 Å². The molecule has 5 rings (SSSR count). The SMILES string of the molecule is COc1nc(-c2ccnc(-c3cccc(NC(=O)c4ncc(CN(CCO)C(=O)OC(C)(C)C)cc4O)c3C)c2Cl)ccc1CN(C[C@@H]1CCC(=O)N1)C(=O)OC(C)(C)C. The lowest BCUT2D eigenvalue weighted by Crippen LogP contribution is -2.43. The van der Waals surface area contributed by atoms with Crippen molar-refractivity contribution < 1.29 is 43.6 Å². The van der Waals surface area contributed by atoms with Crippen molar-refractivity contribution in [2.75, 3.05) is 32.1 Å². The largest absolute Gasteiger partial charge is 0.505 e. The minimum atomic E-state index is -0.751. The van der Waals surface area contributed by atoms with Crippen molar-refractivity contribution in [3.8, 4) is 34.1 Å². The van der Waals surface area contributed by atoms with E-state index < -0.39 is 35.0 Å². The summed E-state index contributed by atoms with van der Waals surface area (Å²) in [7, 11) is 1.48. The predicted octanol–water partition coefficient (Wildman–Crippen LogP) is 6.88. The van der Waals surface area contributed by atoms with Crippen molar-refractivity contribution in [1.29, 1.82) is 0 Å². The highest BCUT2D eigenvalue weighted by atomic mass is 35.5. The summed E-state index contributed by atoms with van der Waals surface area (Å²) >= 11 is 7.05. The summed E-state index contributed by atoms with van der Waals surface area (Å²) in [6.07, 6.45) is 2.78. The average molecular weight is 846 g/mol. The van der Waals surface area contributed by atoms with Crippen molar-refractivity contribution in [3.05, 3.63) is 82.3 Å². The lowest BCUT2D eigenvalue weighted by Gasteiger charge is -2.29. The van der Waals surface area contributed by atoms with E-state index in [0.29, 0.717) is 57.7 Å². The maximum Gasteiger partial charge on any atom is 0.410 e. The molecule has 17 heteroatoms. The van der Waals surface area contributed by atoms with E-state index in [4.69, 9.17) is 30.8 Å². The number of anilines is 1. The number of carbonyl (C=O) groups excluding carboxylic acids is 4. The normalized spacial score (nSPS) is 14.0. The van der Waals surface area contributed by atoms with Crippen LogP contribution in [0.1, 0.15) is 81.6 Å². The summed E-state index contributed by atoms with van der Waals surface area (Å²) in [5.41, 5.74) is 2.43. The third-order valence-corrected chi connectivity index (χ3v) is 9.59. The number of pyridine rings is 3. The Hall–Kier alpha value is -6.00. The van der Waals surface area contributed by atoms with Crippen LogP contribution in [0.4, 0.5) is 15.3 Å². The number of aliphatic hydroxyl groups excluding tert-OH is 1. The van der Waals surface area contributed by atoms with Crippen molar-refractivity contribution in [1.82, 2.24) is 30.1 Å². The number of halogens is 1. The summed E-state index contributed by atoms with van der Waals surface area (Å²) in [6, 6.07) is 11.6. The Morgan fingerprint density at radius 1 is 0.967 bits per heavy atom. The van der Waals surface area contributed by atoms with Crippen LogP contribution in [0.5, 0.6) is 11.6 Å². The number of hydrogen-bond acceptors (Lipinski definition) is 12. The fraction of sp³-hybridized carbons (Fsp3) is 0.419. The van der Waals surface area contributed by atoms with Gasteiger partial charge in [0.05, 0.1) is 43.2 Å². The predicted molar refractivity (Wildman–Crippen MR) is 225 cm³/mol. The average Bonchev–Trinajstić information content (AvgIpc) is 3.58. The zero-order valence-electron chi connectivity index (χ0n) is 35.1. The smallest absolute Gasteiger partial charge is 0.410 e. The van der Waals surface area contributed by atoms with E-state index in [1.54, 1.807) is 85.0 Å². The molecule has 0 spiro atoms. The Morgan fingerprint density at radius 2 is 1.67 bits per heavy atom. The Labute approximate surface area is 354 Å². The van der Waals surface area contributed by atoms with Crippen LogP contribution in [-0.4, -0.2) is 103 Å². The highest BCUT2D eigenvalue weighted by Gasteiger charge is 2.30. The highest BCUT2D eigenvalue weighted by molar-refractivity contribution is 6.35. The van der Waals surface area contributed by atoms with Gasteiger partial charge in [0.25, 0.3) is 5.91 Å². The first-order valence-corrected chi connectivity index (χ1v) is 19.8. The molecule has 0 bridgehead atoms. The number of rotatable bonds is 13. The molecule has 1 saturated heterocycles. The van der Waals surface area contributed by atoms with E-state index in [2.05, 4.69) is 20.6 Å². The van der Waals surface area contributed by atoms with Crippen LogP contribution >= 0.6 is 11.6 Å². The van der Waals surface area contributed by atoms with E-state index in [1.165, 1.54) is 29.2 Å². The number of aromatic nitrogens is 3. The number of amides is 4. The van der Waals surface area contributed by atoms with Crippen molar-refractivity contribution >= 4 is 41.3 Å². The van der Waals surface area contributed by atoms with Crippen LogP contribution in [0.25, 0.3) is 22.5 Å². The number of hydrogen-bond donors (Lipinski definition) is 4. The number of aliphatic hydroxyl groups is 1. The van der Waals surface area contributed by atoms with Gasteiger partial charge in [0.1, 0.15) is 17.0 Å². The molecule has 1 aromatic carbocycles. The second kappa shape index (κ2) is 18.9. The molecule has 0 radical (unpaired) electrons. The number of benzene rings is 1. The van der Waals surface area contributed by atoms with Gasteiger partial charge in [-0.2, -0.15) is 0 Å². The molecular weight excluding hydrogens is 794 g/mol. The van der Waals surface area contributed by atoms with Crippen LogP contribution in [0.3, 0.4) is 0 Å². The Bertz CT molecular complexity index is 2240. The monoisotopic (exact) mass is 845 g/mol. The number of carbonyl (C=O) groups is 4. The molecule has 1 fully saturated rings. The quantitative estimate of drug-likeness (QED) is 0.109. The third kappa shape index (κ3) is 11.6. The van der Waals surface area contributed by atoms with Gasteiger partial charge in [-0.25, -0.2) is 19.6 Å². The Balaban J connectivity index is 1.36. The van der Waals surface area contributed by atoms with Gasteiger partial charge < -0.3 is 44.9 Å². The number of nitrogens with one attached hydrogen (secondary N) is 2. The first-order valence-electron chi connectivity index (χ1n) is 19.4. The minimum absolute atomic E-state index is 0.00731. The second-order valence-corrected chi connectivity index (χ2v) is 16.7. The molecule has 3 aromatic heterocycles. The van der Waals surface area contributed by atoms with E-state index in [-0.39, 0.29) is 61.3 Å². The van der Waals surface area contributed by atoms with Gasteiger partial charge >= 0.3 is 12.2 Å². The summed E-state index contributed by atoms with van der Waals surface area (Å²) in [6.45, 7) is 12.4. The Kier molecular flexibility index (Phi) is 14.2. The van der Waals surface area contributed by atoms with Crippen LogP contribution in [0, 0.1) is 6.92 Å². The minimum Gasteiger partial charge on any atom is -0.505 e. The van der Waals surface area contributed by atoms with Gasteiger partial charge in [0.2, 0.25) is 11.8 Å². The standard InChI is InChI=1S/C43H52ClN7O9/c1-25-29(10-9-11-31(25)48-38(55)37-33(53)20-26(21-46-37)22-50(18-19-52)40(56)59-42(2,3)4)36-35(44)30(16-17-45-36)32-14-12-27(39(49-32)58-8)23-51(41(57)60-43(5,6)7)24-28-13-15-34(54)47-28/h9-12,14,16-17,20-21,28,52-53H,13,15,18-19,22-24H2,1-8H3,(H,47,54)(H,48,55)/t28-/m0/s1. The van der Waals surface area contributed by atoms with Crippen LogP contribution < -0.4 is 15.4 Å². The Morgan fingerprint density at radius 3 is 2.28 bits per heavy atom. The molecule has 0 unspecified atom stereocenters. The third-order valence-electron chi connectivity index (χ3n) is 9.21. The lowest BCUT2D eigenvalue weighted by molar-refractivity contribution is -0.119. The van der Waals surface area contributed by atoms with Crippen LogP contribution in [0.2, 0.25) is 5.02 Å². The fourth-order valence-corrected chi connectivity index (χ4v) is 6.74. The number of methoxy groups -OCH3 is 1. The van der Waals surface area contributed by atoms with Gasteiger partial charge in [-0.1, -0.05) is 23.7 Å². The molecule has 1 aliphatic rings. The van der Waals surface area contributed by atoms with Crippen molar-refractivity contribution in [2.24, 2.45) is 0 Å². The van der Waals surface area contributed by atoms with Crippen LogP contribution in [-0.2, 0) is 27.4 Å². The molecule has 4 heterocycles. The molecule has 0 aliphatic carbocycles. The summed E-state index contributed by atoms with van der Waals surface area (Å²) < 4.78 is 16.8. The summed E-state index contributed by atoms with van der Waals surface area (Å²) in [5, 5.41) is 26.3. The molecule has 1 atom stereocenters. The molecule has 4 N–H and O–H groups in total. The van der Waals surface area contributed by atoms with Crippen LogP contribution in [0.15, 0.2) is 54.9 Å². The maximum atomic E-state index is 13.4. The van der Waals surface area contributed by atoms with Gasteiger partial charge in [0, 0.05) is 60.3 Å². The highest BCUT2D eigenvalue weighted by Crippen LogP contribution is 2.38. The molecule has 4 amide bonds. The molecule has 16 nitrogen and oxygen atoms in total. The van der Waals surface area contributed by atoms with Gasteiger partial charge in [0.15, 0.2) is 5.69 Å². The molecule has 1 aliphatic heterocycles. The number of aromatic hydroxyl groups is 1. The first-order chi connectivity index (χ1) is 28.3. The van der Waals surface area contributed by atoms with E-state index in [1.807, 2.05) is 6.07 Å². The first kappa shape index (κ1) is 45.1. The van der Waals surface area contributed by atoms with Gasteiger partial charge in [-0.05, 0) is 96.3 Å². The van der Waals surface area contributed by atoms with Crippen molar-refractivity contribution in [2.45, 2.75) is 91.6 Å². The molecular formula is C43H52ClN7O9. The lowest BCUT2D eigenvalue weighted by atomic mass is 10.0. The molecule has 0 saturated carbocycles. The zero-order valence-corrected chi connectivity index (χ0v) is 35.8. The van der Waals surface area contributed by atoms with Gasteiger partial charge in [-0.15, -0.1) is 0 Å². The van der Waals surface area contributed by atoms with Gasteiger partial charge in [-0.3, -0.25) is 14.6 Å². The molecule has 4 aromatic rings. The fourth-order valence-electron chi connectivity index (χ4n) is 6.43. The van der Waals surface area contributed by atoms with Crippen molar-refractivity contribution in [3.63, 3.8) is 0 Å². The van der Waals surface area contributed by atoms with E-state index in [0.717, 1.165) is 0 Å². The number of ether oxygens (including phenoxy) is 3. The zero-order chi connectivity index (χ0) is 43.9. The molecule has 60 heavy (non-hydrogen) atoms. The topological polar surface area (TPSA) is 206 Å². The maximum absolute atomic E-state index is 13.4. The van der Waals surface area contributed by atoms with E-state index in [9.17, 15) is 29.4 Å². The number of nitrogens with zero attached hydrogens (tertiary/aromatic N) is 5. The second-order valence-electron chi connectivity index (χ2n) is 16.3. The summed E-state index contributed by atoms with van der Waals surface area (Å²) in [4.78, 5) is 67.6. The summed E-state index contributed by atoms with van der Waals surface area (Å²) in [5.74, 6) is -0.878. The molecule has 320 valence electrons.